The fourth-order valence-corrected chi connectivity index (χ4v) is 3.18. The third-order valence-electron chi connectivity index (χ3n) is 4.68. The Balaban J connectivity index is 0.00000161. The van der Waals surface area contributed by atoms with Crippen LogP contribution in [0.3, 0.4) is 0 Å². The van der Waals surface area contributed by atoms with Gasteiger partial charge < -0.3 is 0 Å². The van der Waals surface area contributed by atoms with Crippen molar-refractivity contribution in [3.63, 3.8) is 0 Å². The summed E-state index contributed by atoms with van der Waals surface area (Å²) in [5.74, 6) is 0. The molecule has 2 aromatic rings. The van der Waals surface area contributed by atoms with E-state index in [-0.39, 0.29) is 12.4 Å². The first kappa shape index (κ1) is 16.1. The summed E-state index contributed by atoms with van der Waals surface area (Å²) in [6.07, 6.45) is 2.51. The zero-order valence-electron chi connectivity index (χ0n) is 12.7. The Morgan fingerprint density at radius 2 is 1.38 bits per heavy atom. The second-order valence-corrected chi connectivity index (χ2v) is 6.19. The highest BCUT2D eigenvalue weighted by Crippen LogP contribution is 2.35. The molecule has 0 unspecified atom stereocenters. The molecule has 0 radical (unpaired) electrons. The normalized spacial score (nSPS) is 18.0. The van der Waals surface area contributed by atoms with Crippen molar-refractivity contribution in [2.24, 2.45) is 0 Å². The van der Waals surface area contributed by atoms with Gasteiger partial charge in [0, 0.05) is 6.54 Å². The van der Waals surface area contributed by atoms with Crippen LogP contribution in [0.5, 0.6) is 0 Å². The number of likely N-dealkylation sites (tertiary alicyclic amines) is 1. The third kappa shape index (κ3) is 3.87. The SMILES string of the molecule is CC1(c2ccccc2)CCN(Cc2ccccc2)CC1.Cl. The highest BCUT2D eigenvalue weighted by atomic mass is 35.5. The Labute approximate surface area is 134 Å². The van der Waals surface area contributed by atoms with E-state index >= 15 is 0 Å². The van der Waals surface area contributed by atoms with Gasteiger partial charge in [0.05, 0.1) is 0 Å². The molecule has 0 bridgehead atoms. The Bertz CT molecular complexity index is 530. The molecule has 2 aromatic carbocycles. The lowest BCUT2D eigenvalue weighted by molar-refractivity contribution is 0.162. The molecule has 0 aromatic heterocycles. The van der Waals surface area contributed by atoms with E-state index in [0.29, 0.717) is 5.41 Å². The minimum absolute atomic E-state index is 0. The van der Waals surface area contributed by atoms with E-state index in [4.69, 9.17) is 0 Å². The molecule has 0 N–H and O–H groups in total. The van der Waals surface area contributed by atoms with Crippen molar-refractivity contribution < 1.29 is 0 Å². The molecule has 1 nitrogen and oxygen atoms in total. The summed E-state index contributed by atoms with van der Waals surface area (Å²) in [6, 6.07) is 21.8. The summed E-state index contributed by atoms with van der Waals surface area (Å²) in [5, 5.41) is 0. The lowest BCUT2D eigenvalue weighted by Gasteiger charge is -2.40. The van der Waals surface area contributed by atoms with Crippen LogP contribution in [0.1, 0.15) is 30.9 Å². The molecule has 0 spiro atoms. The van der Waals surface area contributed by atoms with Gasteiger partial charge in [-0.1, -0.05) is 67.6 Å². The first-order valence-corrected chi connectivity index (χ1v) is 7.58. The van der Waals surface area contributed by atoms with Crippen LogP contribution >= 0.6 is 12.4 Å². The zero-order valence-corrected chi connectivity index (χ0v) is 13.5. The Hall–Kier alpha value is -1.31. The molecule has 0 amide bonds. The second kappa shape index (κ2) is 7.11. The number of benzene rings is 2. The number of rotatable bonds is 3. The first-order chi connectivity index (χ1) is 9.76. The molecule has 1 aliphatic rings. The molecular weight excluding hydrogens is 278 g/mol. The van der Waals surface area contributed by atoms with Gasteiger partial charge in [-0.3, -0.25) is 4.90 Å². The minimum atomic E-state index is 0. The first-order valence-electron chi connectivity index (χ1n) is 7.58. The molecule has 1 heterocycles. The summed E-state index contributed by atoms with van der Waals surface area (Å²) in [6.45, 7) is 5.90. The third-order valence-corrected chi connectivity index (χ3v) is 4.68. The van der Waals surface area contributed by atoms with Crippen molar-refractivity contribution in [1.82, 2.24) is 4.90 Å². The smallest absolute Gasteiger partial charge is 0.0233 e. The Morgan fingerprint density at radius 1 is 0.857 bits per heavy atom. The molecule has 1 saturated heterocycles. The van der Waals surface area contributed by atoms with E-state index < -0.39 is 0 Å². The molecule has 0 saturated carbocycles. The molecular formula is C19H24ClN. The van der Waals surface area contributed by atoms with Crippen LogP contribution in [0.25, 0.3) is 0 Å². The summed E-state index contributed by atoms with van der Waals surface area (Å²) >= 11 is 0. The van der Waals surface area contributed by atoms with Crippen LogP contribution in [-0.4, -0.2) is 18.0 Å². The van der Waals surface area contributed by atoms with Gasteiger partial charge in [-0.25, -0.2) is 0 Å². The average molecular weight is 302 g/mol. The summed E-state index contributed by atoms with van der Waals surface area (Å²) < 4.78 is 0. The highest BCUT2D eigenvalue weighted by molar-refractivity contribution is 5.85. The molecule has 1 aliphatic heterocycles. The van der Waals surface area contributed by atoms with Gasteiger partial charge in [-0.05, 0) is 42.5 Å². The number of nitrogens with zero attached hydrogens (tertiary/aromatic N) is 1. The van der Waals surface area contributed by atoms with Gasteiger partial charge in [-0.2, -0.15) is 0 Å². The van der Waals surface area contributed by atoms with Crippen LogP contribution in [0, 0.1) is 0 Å². The lowest BCUT2D eigenvalue weighted by Crippen LogP contribution is -2.40. The van der Waals surface area contributed by atoms with E-state index in [1.807, 2.05) is 0 Å². The summed E-state index contributed by atoms with van der Waals surface area (Å²) in [7, 11) is 0. The number of hydrogen-bond acceptors (Lipinski definition) is 1. The monoisotopic (exact) mass is 301 g/mol. The van der Waals surface area contributed by atoms with E-state index in [1.54, 1.807) is 0 Å². The molecule has 0 atom stereocenters. The van der Waals surface area contributed by atoms with Gasteiger partial charge in [0.2, 0.25) is 0 Å². The molecule has 0 aliphatic carbocycles. The maximum Gasteiger partial charge on any atom is 0.0233 e. The predicted molar refractivity (Wildman–Crippen MR) is 92.0 cm³/mol. The largest absolute Gasteiger partial charge is 0.299 e. The maximum atomic E-state index is 2.58. The van der Waals surface area contributed by atoms with E-state index in [9.17, 15) is 0 Å². The number of hydrogen-bond donors (Lipinski definition) is 0. The van der Waals surface area contributed by atoms with E-state index in [1.165, 1.54) is 37.1 Å². The lowest BCUT2D eigenvalue weighted by atomic mass is 9.74. The van der Waals surface area contributed by atoms with Crippen LogP contribution in [0.2, 0.25) is 0 Å². The van der Waals surface area contributed by atoms with Crippen LogP contribution in [-0.2, 0) is 12.0 Å². The van der Waals surface area contributed by atoms with Gasteiger partial charge >= 0.3 is 0 Å². The van der Waals surface area contributed by atoms with Crippen LogP contribution in [0.15, 0.2) is 60.7 Å². The van der Waals surface area contributed by atoms with Crippen LogP contribution < -0.4 is 0 Å². The Kier molecular flexibility index (Phi) is 5.44. The molecule has 1 fully saturated rings. The Morgan fingerprint density at radius 3 is 1.95 bits per heavy atom. The number of halogens is 1. The van der Waals surface area contributed by atoms with E-state index in [2.05, 4.69) is 72.5 Å². The van der Waals surface area contributed by atoms with Crippen molar-refractivity contribution in [3.05, 3.63) is 71.8 Å². The van der Waals surface area contributed by atoms with Crippen molar-refractivity contribution in [2.75, 3.05) is 13.1 Å². The fourth-order valence-electron chi connectivity index (χ4n) is 3.18. The molecule has 21 heavy (non-hydrogen) atoms. The summed E-state index contributed by atoms with van der Waals surface area (Å²) in [4.78, 5) is 2.58. The maximum absolute atomic E-state index is 2.58. The van der Waals surface area contributed by atoms with Gasteiger partial charge in [-0.15, -0.1) is 12.4 Å². The second-order valence-electron chi connectivity index (χ2n) is 6.19. The topological polar surface area (TPSA) is 3.24 Å². The molecule has 2 heteroatoms. The standard InChI is InChI=1S/C19H23N.ClH/c1-19(18-10-6-3-7-11-18)12-14-20(15-13-19)16-17-8-4-2-5-9-17;/h2-11H,12-16H2,1H3;1H. The quantitative estimate of drug-likeness (QED) is 0.797. The van der Waals surface area contributed by atoms with Gasteiger partial charge in [0.1, 0.15) is 0 Å². The van der Waals surface area contributed by atoms with Crippen molar-refractivity contribution in [2.45, 2.75) is 31.7 Å². The van der Waals surface area contributed by atoms with Crippen LogP contribution in [0.4, 0.5) is 0 Å². The van der Waals surface area contributed by atoms with Gasteiger partial charge in [0.25, 0.3) is 0 Å². The van der Waals surface area contributed by atoms with Crippen molar-refractivity contribution >= 4 is 12.4 Å². The van der Waals surface area contributed by atoms with Gasteiger partial charge in [0.15, 0.2) is 0 Å². The molecule has 112 valence electrons. The highest BCUT2D eigenvalue weighted by Gasteiger charge is 2.31. The minimum Gasteiger partial charge on any atom is -0.299 e. The van der Waals surface area contributed by atoms with Crippen molar-refractivity contribution in [1.29, 1.82) is 0 Å². The summed E-state index contributed by atoms with van der Waals surface area (Å²) in [5.41, 5.74) is 3.28. The van der Waals surface area contributed by atoms with E-state index in [0.717, 1.165) is 6.54 Å². The predicted octanol–water partition coefficient (Wildman–Crippen LogP) is 4.66. The zero-order chi connectivity index (χ0) is 13.8. The number of piperidine rings is 1. The average Bonchev–Trinajstić information content (AvgIpc) is 2.52. The fraction of sp³-hybridized carbons (Fsp3) is 0.368. The molecule has 3 rings (SSSR count). The van der Waals surface area contributed by atoms with Crippen molar-refractivity contribution in [3.8, 4) is 0 Å².